The summed E-state index contributed by atoms with van der Waals surface area (Å²) in [5.74, 6) is 0.367. The minimum Gasteiger partial charge on any atom is -0.356 e. The molecule has 0 atom stereocenters. The third-order valence-electron chi connectivity index (χ3n) is 2.19. The SMILES string of the molecule is CNCc1cnoc1-c1ccc(F)cc1Br. The van der Waals surface area contributed by atoms with Crippen molar-refractivity contribution in [2.75, 3.05) is 7.05 Å². The first-order valence-corrected chi connectivity index (χ1v) is 5.55. The molecule has 16 heavy (non-hydrogen) atoms. The maximum Gasteiger partial charge on any atom is 0.172 e. The zero-order valence-corrected chi connectivity index (χ0v) is 10.2. The highest BCUT2D eigenvalue weighted by atomic mass is 79.9. The molecule has 84 valence electrons. The number of nitrogens with zero attached hydrogens (tertiary/aromatic N) is 1. The predicted molar refractivity (Wildman–Crippen MR) is 62.4 cm³/mol. The second-order valence-electron chi connectivity index (χ2n) is 3.33. The van der Waals surface area contributed by atoms with E-state index in [1.807, 2.05) is 7.05 Å². The van der Waals surface area contributed by atoms with E-state index in [2.05, 4.69) is 26.4 Å². The fraction of sp³-hybridized carbons (Fsp3) is 0.182. The van der Waals surface area contributed by atoms with Gasteiger partial charge in [0.1, 0.15) is 5.82 Å². The topological polar surface area (TPSA) is 38.1 Å². The van der Waals surface area contributed by atoms with Crippen molar-refractivity contribution >= 4 is 15.9 Å². The van der Waals surface area contributed by atoms with Crippen LogP contribution in [0.15, 0.2) is 33.4 Å². The molecule has 0 saturated heterocycles. The Bertz CT molecular complexity index is 498. The Balaban J connectivity index is 2.46. The summed E-state index contributed by atoms with van der Waals surface area (Å²) in [7, 11) is 1.84. The first-order chi connectivity index (χ1) is 7.72. The monoisotopic (exact) mass is 284 g/mol. The van der Waals surface area contributed by atoms with Gasteiger partial charge in [0.05, 0.1) is 6.20 Å². The summed E-state index contributed by atoms with van der Waals surface area (Å²) < 4.78 is 18.8. The molecule has 0 radical (unpaired) electrons. The standard InChI is InChI=1S/C11H10BrFN2O/c1-14-5-7-6-15-16-11(7)9-3-2-8(13)4-10(9)12/h2-4,6,14H,5H2,1H3. The number of hydrogen-bond donors (Lipinski definition) is 1. The molecular weight excluding hydrogens is 275 g/mol. The quantitative estimate of drug-likeness (QED) is 0.942. The van der Waals surface area contributed by atoms with E-state index >= 15 is 0 Å². The van der Waals surface area contributed by atoms with Gasteiger partial charge in [0.15, 0.2) is 5.76 Å². The lowest BCUT2D eigenvalue weighted by Gasteiger charge is -2.03. The van der Waals surface area contributed by atoms with E-state index in [-0.39, 0.29) is 5.82 Å². The first kappa shape index (κ1) is 11.3. The van der Waals surface area contributed by atoms with E-state index in [1.165, 1.54) is 12.1 Å². The van der Waals surface area contributed by atoms with E-state index < -0.39 is 0 Å². The minimum absolute atomic E-state index is 0.287. The van der Waals surface area contributed by atoms with Crippen LogP contribution in [-0.2, 0) is 6.54 Å². The fourth-order valence-electron chi connectivity index (χ4n) is 1.47. The predicted octanol–water partition coefficient (Wildman–Crippen LogP) is 2.96. The molecule has 3 nitrogen and oxygen atoms in total. The smallest absolute Gasteiger partial charge is 0.172 e. The van der Waals surface area contributed by atoms with Gasteiger partial charge in [-0.25, -0.2) is 4.39 Å². The number of rotatable bonds is 3. The van der Waals surface area contributed by atoms with Crippen molar-refractivity contribution in [2.45, 2.75) is 6.54 Å². The van der Waals surface area contributed by atoms with Crippen LogP contribution in [0.3, 0.4) is 0 Å². The van der Waals surface area contributed by atoms with Crippen molar-refractivity contribution in [1.82, 2.24) is 10.5 Å². The van der Waals surface area contributed by atoms with Crippen LogP contribution in [-0.4, -0.2) is 12.2 Å². The van der Waals surface area contributed by atoms with Crippen LogP contribution in [0.5, 0.6) is 0 Å². The van der Waals surface area contributed by atoms with Crippen molar-refractivity contribution in [3.05, 3.63) is 40.2 Å². The molecule has 1 aromatic heterocycles. The summed E-state index contributed by atoms with van der Waals surface area (Å²) in [6, 6.07) is 4.46. The molecule has 1 aromatic carbocycles. The maximum atomic E-state index is 12.9. The minimum atomic E-state index is -0.287. The van der Waals surface area contributed by atoms with E-state index in [9.17, 15) is 4.39 Å². The van der Waals surface area contributed by atoms with Gasteiger partial charge in [-0.1, -0.05) is 5.16 Å². The molecule has 0 aliphatic heterocycles. The average Bonchev–Trinajstić information content (AvgIpc) is 2.67. The number of hydrogen-bond acceptors (Lipinski definition) is 3. The Kier molecular flexibility index (Phi) is 3.36. The normalized spacial score (nSPS) is 10.7. The van der Waals surface area contributed by atoms with Crippen molar-refractivity contribution in [1.29, 1.82) is 0 Å². The molecule has 0 aliphatic carbocycles. The van der Waals surface area contributed by atoms with Crippen molar-refractivity contribution < 1.29 is 8.91 Å². The second-order valence-corrected chi connectivity index (χ2v) is 4.19. The number of benzene rings is 1. The summed E-state index contributed by atoms with van der Waals surface area (Å²) in [6.07, 6.45) is 1.65. The lowest BCUT2D eigenvalue weighted by atomic mass is 10.1. The van der Waals surface area contributed by atoms with Crippen LogP contribution in [0.1, 0.15) is 5.56 Å². The highest BCUT2D eigenvalue weighted by molar-refractivity contribution is 9.10. The van der Waals surface area contributed by atoms with Gasteiger partial charge in [-0.3, -0.25) is 0 Å². The molecule has 1 heterocycles. The number of halogens is 2. The molecule has 0 bridgehead atoms. The van der Waals surface area contributed by atoms with Gasteiger partial charge < -0.3 is 9.84 Å². The third-order valence-corrected chi connectivity index (χ3v) is 2.84. The summed E-state index contributed by atoms with van der Waals surface area (Å²) in [6.45, 7) is 0.655. The second kappa shape index (κ2) is 4.76. The number of nitrogens with one attached hydrogen (secondary N) is 1. The molecule has 0 unspecified atom stereocenters. The van der Waals surface area contributed by atoms with Gasteiger partial charge in [0, 0.05) is 22.1 Å². The maximum absolute atomic E-state index is 12.9. The molecule has 5 heteroatoms. The van der Waals surface area contributed by atoms with Crippen LogP contribution in [0.4, 0.5) is 4.39 Å². The van der Waals surface area contributed by atoms with E-state index in [1.54, 1.807) is 12.3 Å². The van der Waals surface area contributed by atoms with Gasteiger partial charge in [-0.2, -0.15) is 0 Å². The molecule has 2 aromatic rings. The van der Waals surface area contributed by atoms with Gasteiger partial charge in [-0.15, -0.1) is 0 Å². The van der Waals surface area contributed by atoms with Crippen LogP contribution in [0.2, 0.25) is 0 Å². The molecule has 0 fully saturated rings. The molecule has 0 saturated carbocycles. The summed E-state index contributed by atoms with van der Waals surface area (Å²) in [4.78, 5) is 0. The van der Waals surface area contributed by atoms with Crippen molar-refractivity contribution in [2.24, 2.45) is 0 Å². The summed E-state index contributed by atoms with van der Waals surface area (Å²) >= 11 is 3.31. The lowest BCUT2D eigenvalue weighted by Crippen LogP contribution is -2.04. The van der Waals surface area contributed by atoms with Crippen LogP contribution >= 0.6 is 15.9 Å². The average molecular weight is 285 g/mol. The van der Waals surface area contributed by atoms with E-state index in [0.717, 1.165) is 11.1 Å². The zero-order chi connectivity index (χ0) is 11.5. The van der Waals surface area contributed by atoms with Crippen LogP contribution < -0.4 is 5.32 Å². The molecule has 0 amide bonds. The van der Waals surface area contributed by atoms with Crippen molar-refractivity contribution in [3.63, 3.8) is 0 Å². The largest absolute Gasteiger partial charge is 0.356 e. The van der Waals surface area contributed by atoms with Gasteiger partial charge >= 0.3 is 0 Å². The lowest BCUT2D eigenvalue weighted by molar-refractivity contribution is 0.431. The molecule has 2 rings (SSSR count). The Morgan fingerprint density at radius 3 is 3.00 bits per heavy atom. The Morgan fingerprint density at radius 1 is 1.50 bits per heavy atom. The highest BCUT2D eigenvalue weighted by Crippen LogP contribution is 2.31. The number of aromatic nitrogens is 1. The molecule has 0 spiro atoms. The van der Waals surface area contributed by atoms with Gasteiger partial charge in [-0.05, 0) is 41.2 Å². The van der Waals surface area contributed by atoms with Crippen LogP contribution in [0.25, 0.3) is 11.3 Å². The van der Waals surface area contributed by atoms with Crippen LogP contribution in [0, 0.1) is 5.82 Å². The van der Waals surface area contributed by atoms with E-state index in [0.29, 0.717) is 16.8 Å². The molecular formula is C11H10BrFN2O. The Morgan fingerprint density at radius 2 is 2.31 bits per heavy atom. The summed E-state index contributed by atoms with van der Waals surface area (Å²) in [5, 5.41) is 6.77. The van der Waals surface area contributed by atoms with Crippen molar-refractivity contribution in [3.8, 4) is 11.3 Å². The zero-order valence-electron chi connectivity index (χ0n) is 8.63. The van der Waals surface area contributed by atoms with Gasteiger partial charge in [0.25, 0.3) is 0 Å². The van der Waals surface area contributed by atoms with E-state index in [4.69, 9.17) is 4.52 Å². The van der Waals surface area contributed by atoms with Gasteiger partial charge in [0.2, 0.25) is 0 Å². The highest BCUT2D eigenvalue weighted by Gasteiger charge is 2.13. The molecule has 0 aliphatic rings. The Labute approximate surface area is 101 Å². The molecule has 1 N–H and O–H groups in total. The Hall–Kier alpha value is -1.20. The summed E-state index contributed by atoms with van der Waals surface area (Å²) in [5.41, 5.74) is 1.74. The fourth-order valence-corrected chi connectivity index (χ4v) is 2.00. The third kappa shape index (κ3) is 2.15. The first-order valence-electron chi connectivity index (χ1n) is 4.76.